The first kappa shape index (κ1) is 17.2. The van der Waals surface area contributed by atoms with Crippen LogP contribution >= 0.6 is 0 Å². The summed E-state index contributed by atoms with van der Waals surface area (Å²) >= 11 is 0. The first-order chi connectivity index (χ1) is 9.82. The van der Waals surface area contributed by atoms with E-state index in [1.54, 1.807) is 31.2 Å². The van der Waals surface area contributed by atoms with E-state index in [2.05, 4.69) is 0 Å². The van der Waals surface area contributed by atoms with E-state index in [1.807, 2.05) is 20.8 Å². The van der Waals surface area contributed by atoms with Crippen LogP contribution in [-0.4, -0.2) is 24.5 Å². The molecule has 0 aliphatic carbocycles. The molecule has 1 aromatic carbocycles. The van der Waals surface area contributed by atoms with Crippen LogP contribution in [0.15, 0.2) is 24.3 Å². The highest BCUT2D eigenvalue weighted by Gasteiger charge is 2.39. The average Bonchev–Trinajstić information content (AvgIpc) is 2.45. The minimum absolute atomic E-state index is 0.0143. The summed E-state index contributed by atoms with van der Waals surface area (Å²) in [5, 5.41) is 0. The van der Waals surface area contributed by atoms with Gasteiger partial charge in [-0.15, -0.1) is 0 Å². The SMILES string of the molecule is CCOC(=O)C(C)(C)C(CC)Oc1ccc(C(C)=O)cc1. The van der Waals surface area contributed by atoms with Crippen molar-refractivity contribution in [2.45, 2.75) is 47.1 Å². The maximum Gasteiger partial charge on any atom is 0.315 e. The van der Waals surface area contributed by atoms with Crippen LogP contribution in [0.4, 0.5) is 0 Å². The molecular formula is C17H24O4. The van der Waals surface area contributed by atoms with E-state index in [0.29, 0.717) is 24.3 Å². The van der Waals surface area contributed by atoms with E-state index in [0.717, 1.165) is 0 Å². The molecule has 0 aliphatic heterocycles. The van der Waals surface area contributed by atoms with Gasteiger partial charge in [-0.3, -0.25) is 9.59 Å². The molecule has 1 rings (SSSR count). The van der Waals surface area contributed by atoms with Gasteiger partial charge in [0.2, 0.25) is 0 Å². The van der Waals surface area contributed by atoms with E-state index < -0.39 is 5.41 Å². The highest BCUT2D eigenvalue weighted by Crippen LogP contribution is 2.29. The van der Waals surface area contributed by atoms with Crippen LogP contribution in [-0.2, 0) is 9.53 Å². The van der Waals surface area contributed by atoms with Crippen LogP contribution in [0.2, 0.25) is 0 Å². The van der Waals surface area contributed by atoms with Gasteiger partial charge in [0.05, 0.1) is 12.0 Å². The minimum atomic E-state index is -0.732. The van der Waals surface area contributed by atoms with E-state index in [1.165, 1.54) is 6.92 Å². The molecule has 0 fully saturated rings. The van der Waals surface area contributed by atoms with Crippen molar-refractivity contribution in [3.05, 3.63) is 29.8 Å². The van der Waals surface area contributed by atoms with Crippen LogP contribution in [0, 0.1) is 5.41 Å². The summed E-state index contributed by atoms with van der Waals surface area (Å²) in [4.78, 5) is 23.3. The monoisotopic (exact) mass is 292 g/mol. The standard InChI is InChI=1S/C17H24O4/c1-6-15(17(4,5)16(19)20-7-2)21-14-10-8-13(9-11-14)12(3)18/h8-11,15H,6-7H2,1-5H3. The van der Waals surface area contributed by atoms with Gasteiger partial charge in [0.15, 0.2) is 5.78 Å². The summed E-state index contributed by atoms with van der Waals surface area (Å²) < 4.78 is 11.0. The van der Waals surface area contributed by atoms with Crippen LogP contribution in [0.25, 0.3) is 0 Å². The molecule has 0 amide bonds. The molecule has 4 nitrogen and oxygen atoms in total. The van der Waals surface area contributed by atoms with Gasteiger partial charge in [0.25, 0.3) is 0 Å². The molecular weight excluding hydrogens is 268 g/mol. The fourth-order valence-electron chi connectivity index (χ4n) is 2.12. The van der Waals surface area contributed by atoms with Crippen molar-refractivity contribution in [1.29, 1.82) is 0 Å². The normalized spacial score (nSPS) is 12.6. The topological polar surface area (TPSA) is 52.6 Å². The number of carbonyl (C=O) groups is 2. The highest BCUT2D eigenvalue weighted by molar-refractivity contribution is 5.94. The lowest BCUT2D eigenvalue weighted by molar-refractivity contribution is -0.159. The van der Waals surface area contributed by atoms with Crippen molar-refractivity contribution in [2.24, 2.45) is 5.41 Å². The maximum atomic E-state index is 12.1. The summed E-state index contributed by atoms with van der Waals surface area (Å²) in [6.45, 7) is 9.28. The third-order valence-electron chi connectivity index (χ3n) is 3.52. The van der Waals surface area contributed by atoms with Crippen LogP contribution in [0.3, 0.4) is 0 Å². The molecule has 1 atom stereocenters. The lowest BCUT2D eigenvalue weighted by Crippen LogP contribution is -2.41. The molecule has 0 aliphatic rings. The Balaban J connectivity index is 2.86. The predicted molar refractivity (Wildman–Crippen MR) is 81.6 cm³/mol. The molecule has 0 heterocycles. The number of ketones is 1. The first-order valence-electron chi connectivity index (χ1n) is 7.27. The lowest BCUT2D eigenvalue weighted by atomic mass is 9.85. The molecule has 0 radical (unpaired) electrons. The van der Waals surface area contributed by atoms with Crippen molar-refractivity contribution in [3.8, 4) is 5.75 Å². The van der Waals surface area contributed by atoms with Crippen LogP contribution in [0.1, 0.15) is 51.4 Å². The Hall–Kier alpha value is -1.84. The zero-order valence-electron chi connectivity index (χ0n) is 13.4. The van der Waals surface area contributed by atoms with Gasteiger partial charge in [-0.25, -0.2) is 0 Å². The van der Waals surface area contributed by atoms with E-state index >= 15 is 0 Å². The third kappa shape index (κ3) is 4.31. The zero-order chi connectivity index (χ0) is 16.0. The Bertz CT molecular complexity index is 488. The molecule has 0 bridgehead atoms. The Morgan fingerprint density at radius 1 is 1.14 bits per heavy atom. The Morgan fingerprint density at radius 2 is 1.71 bits per heavy atom. The van der Waals surface area contributed by atoms with Gasteiger partial charge < -0.3 is 9.47 Å². The number of ether oxygens (including phenoxy) is 2. The van der Waals surface area contributed by atoms with Crippen molar-refractivity contribution in [2.75, 3.05) is 6.61 Å². The van der Waals surface area contributed by atoms with E-state index in [4.69, 9.17) is 9.47 Å². The molecule has 4 heteroatoms. The van der Waals surface area contributed by atoms with E-state index in [-0.39, 0.29) is 17.9 Å². The van der Waals surface area contributed by atoms with Crippen LogP contribution in [0.5, 0.6) is 5.75 Å². The highest BCUT2D eigenvalue weighted by atomic mass is 16.5. The van der Waals surface area contributed by atoms with Gasteiger partial charge in [-0.05, 0) is 58.4 Å². The predicted octanol–water partition coefficient (Wildman–Crippen LogP) is 3.64. The van der Waals surface area contributed by atoms with Gasteiger partial charge in [-0.1, -0.05) is 6.92 Å². The van der Waals surface area contributed by atoms with Crippen molar-refractivity contribution in [1.82, 2.24) is 0 Å². The molecule has 1 aromatic rings. The summed E-state index contributed by atoms with van der Waals surface area (Å²) in [6, 6.07) is 6.95. The summed E-state index contributed by atoms with van der Waals surface area (Å²) in [5.41, 5.74) is -0.0932. The van der Waals surface area contributed by atoms with E-state index in [9.17, 15) is 9.59 Å². The lowest BCUT2D eigenvalue weighted by Gasteiger charge is -2.31. The Morgan fingerprint density at radius 3 is 2.14 bits per heavy atom. The van der Waals surface area contributed by atoms with Crippen molar-refractivity contribution < 1.29 is 19.1 Å². The quantitative estimate of drug-likeness (QED) is 0.569. The number of rotatable bonds is 7. The fourth-order valence-corrected chi connectivity index (χ4v) is 2.12. The molecule has 0 N–H and O–H groups in total. The maximum absolute atomic E-state index is 12.1. The smallest absolute Gasteiger partial charge is 0.315 e. The first-order valence-corrected chi connectivity index (χ1v) is 7.27. The minimum Gasteiger partial charge on any atom is -0.489 e. The third-order valence-corrected chi connectivity index (χ3v) is 3.52. The largest absolute Gasteiger partial charge is 0.489 e. The second-order valence-corrected chi connectivity index (χ2v) is 5.54. The summed E-state index contributed by atoms with van der Waals surface area (Å²) in [6.07, 6.45) is 0.389. The molecule has 21 heavy (non-hydrogen) atoms. The molecule has 0 spiro atoms. The molecule has 1 unspecified atom stereocenters. The number of hydrogen-bond donors (Lipinski definition) is 0. The number of carbonyl (C=O) groups excluding carboxylic acids is 2. The van der Waals surface area contributed by atoms with Crippen molar-refractivity contribution >= 4 is 11.8 Å². The fraction of sp³-hybridized carbons (Fsp3) is 0.529. The number of hydrogen-bond acceptors (Lipinski definition) is 4. The number of esters is 1. The summed E-state index contributed by atoms with van der Waals surface area (Å²) in [7, 11) is 0. The molecule has 0 saturated carbocycles. The Labute approximate surface area is 126 Å². The second-order valence-electron chi connectivity index (χ2n) is 5.54. The van der Waals surface area contributed by atoms with Gasteiger partial charge >= 0.3 is 5.97 Å². The zero-order valence-corrected chi connectivity index (χ0v) is 13.4. The molecule has 0 saturated heterocycles. The molecule has 116 valence electrons. The van der Waals surface area contributed by atoms with Crippen LogP contribution < -0.4 is 4.74 Å². The van der Waals surface area contributed by atoms with Gasteiger partial charge in [0.1, 0.15) is 11.9 Å². The van der Waals surface area contributed by atoms with Crippen molar-refractivity contribution in [3.63, 3.8) is 0 Å². The average molecular weight is 292 g/mol. The number of benzene rings is 1. The van der Waals surface area contributed by atoms with Gasteiger partial charge in [-0.2, -0.15) is 0 Å². The summed E-state index contributed by atoms with van der Waals surface area (Å²) in [5.74, 6) is 0.391. The van der Waals surface area contributed by atoms with Gasteiger partial charge in [0, 0.05) is 5.56 Å². The molecule has 0 aromatic heterocycles. The second kappa shape index (κ2) is 7.25. The number of Topliss-reactive ketones (excluding diaryl/α,β-unsaturated/α-hetero) is 1. The Kier molecular flexibility index (Phi) is 5.94.